The van der Waals surface area contributed by atoms with Crippen LogP contribution in [0.15, 0.2) is 40.9 Å². The molecule has 11 heteroatoms. The molecule has 0 spiro atoms. The van der Waals surface area contributed by atoms with Gasteiger partial charge in [0.15, 0.2) is 0 Å². The predicted molar refractivity (Wildman–Crippen MR) is 127 cm³/mol. The molecule has 0 radical (unpaired) electrons. The molecule has 184 valence electrons. The number of aryl methyl sites for hydroxylation is 1. The summed E-state index contributed by atoms with van der Waals surface area (Å²) in [6.45, 7) is 5.74. The van der Waals surface area contributed by atoms with E-state index in [2.05, 4.69) is 21.5 Å². The van der Waals surface area contributed by atoms with Crippen LogP contribution in [-0.4, -0.2) is 46.8 Å². The molecule has 0 saturated carbocycles. The van der Waals surface area contributed by atoms with Crippen LogP contribution in [0.3, 0.4) is 0 Å². The van der Waals surface area contributed by atoms with E-state index in [-0.39, 0.29) is 29.2 Å². The van der Waals surface area contributed by atoms with Crippen LogP contribution in [0.5, 0.6) is 0 Å². The van der Waals surface area contributed by atoms with E-state index in [1.807, 2.05) is 18.2 Å². The number of hydrogen-bond donors (Lipinski definition) is 0. The fraction of sp³-hybridized carbons (Fsp3) is 0.435. The molecule has 1 aromatic heterocycles. The highest BCUT2D eigenvalue weighted by Crippen LogP contribution is 2.30. The first-order chi connectivity index (χ1) is 16.0. The SMILES string of the molecule is Cc1ccc(Cl)cc1N1CCN(Cc2c(Cl)c(=O)n(C3=CC=C(OC(F)(F)F)CC3)n2C)CC1. The minimum atomic E-state index is -4.73. The number of benzene rings is 1. The van der Waals surface area contributed by atoms with Gasteiger partial charge in [-0.2, -0.15) is 0 Å². The molecule has 1 aliphatic heterocycles. The Morgan fingerprint density at radius 1 is 1.06 bits per heavy atom. The third-order valence-electron chi connectivity index (χ3n) is 6.19. The van der Waals surface area contributed by atoms with Gasteiger partial charge in [-0.3, -0.25) is 14.4 Å². The molecule has 0 bridgehead atoms. The van der Waals surface area contributed by atoms with Gasteiger partial charge in [-0.15, -0.1) is 13.2 Å². The average Bonchev–Trinajstić information content (AvgIpc) is 2.99. The lowest BCUT2D eigenvalue weighted by Crippen LogP contribution is -2.46. The van der Waals surface area contributed by atoms with Crippen LogP contribution in [0, 0.1) is 6.92 Å². The van der Waals surface area contributed by atoms with Crippen molar-refractivity contribution in [2.24, 2.45) is 7.05 Å². The lowest BCUT2D eigenvalue weighted by atomic mass is 10.1. The zero-order chi connectivity index (χ0) is 24.6. The van der Waals surface area contributed by atoms with E-state index in [1.165, 1.54) is 22.4 Å². The fourth-order valence-electron chi connectivity index (χ4n) is 4.41. The average molecular weight is 517 g/mol. The van der Waals surface area contributed by atoms with Crippen LogP contribution in [0.25, 0.3) is 5.70 Å². The Labute approximate surface area is 205 Å². The van der Waals surface area contributed by atoms with E-state index < -0.39 is 6.36 Å². The Morgan fingerprint density at radius 2 is 1.76 bits per heavy atom. The van der Waals surface area contributed by atoms with Gasteiger partial charge in [0.05, 0.1) is 5.69 Å². The number of alkyl halides is 3. The van der Waals surface area contributed by atoms with Crippen molar-refractivity contribution in [2.75, 3.05) is 31.1 Å². The summed E-state index contributed by atoms with van der Waals surface area (Å²) >= 11 is 12.6. The van der Waals surface area contributed by atoms with E-state index in [9.17, 15) is 18.0 Å². The van der Waals surface area contributed by atoms with Gasteiger partial charge in [-0.1, -0.05) is 29.3 Å². The Kier molecular flexibility index (Phi) is 7.07. The molecule has 6 nitrogen and oxygen atoms in total. The highest BCUT2D eigenvalue weighted by molar-refractivity contribution is 6.31. The van der Waals surface area contributed by atoms with Gasteiger partial charge in [0.1, 0.15) is 10.8 Å². The highest BCUT2D eigenvalue weighted by atomic mass is 35.5. The number of piperazine rings is 1. The number of ether oxygens (including phenoxy) is 1. The Morgan fingerprint density at radius 3 is 2.38 bits per heavy atom. The van der Waals surface area contributed by atoms with Gasteiger partial charge in [0.2, 0.25) is 0 Å². The summed E-state index contributed by atoms with van der Waals surface area (Å²) in [6.07, 6.45) is -1.74. The molecule has 2 heterocycles. The molecule has 0 unspecified atom stereocenters. The summed E-state index contributed by atoms with van der Waals surface area (Å²) < 4.78 is 44.4. The van der Waals surface area contributed by atoms with Gasteiger partial charge in [-0.25, -0.2) is 4.68 Å². The Bertz CT molecular complexity index is 1190. The van der Waals surface area contributed by atoms with E-state index in [0.717, 1.165) is 31.9 Å². The van der Waals surface area contributed by atoms with Crippen molar-refractivity contribution in [1.29, 1.82) is 0 Å². The standard InChI is InChI=1S/C23H25Cl2F3N4O2/c1-15-3-4-16(24)13-19(15)31-11-9-30(10-12-31)14-20-21(25)22(33)32(29(20)2)17-5-7-18(8-6-17)34-23(26,27)28/h3-5,7,13H,6,8-12,14H2,1-2H3. The van der Waals surface area contributed by atoms with Crippen molar-refractivity contribution in [3.63, 3.8) is 0 Å². The van der Waals surface area contributed by atoms with E-state index >= 15 is 0 Å². The zero-order valence-electron chi connectivity index (χ0n) is 18.8. The maximum atomic E-state index is 12.9. The lowest BCUT2D eigenvalue weighted by Gasteiger charge is -2.37. The normalized spacial score (nSPS) is 17.6. The number of nitrogens with zero attached hydrogens (tertiary/aromatic N) is 4. The van der Waals surface area contributed by atoms with Gasteiger partial charge >= 0.3 is 6.36 Å². The van der Waals surface area contributed by atoms with Crippen LogP contribution < -0.4 is 10.5 Å². The molecule has 1 aliphatic carbocycles. The number of rotatable bonds is 5. The largest absolute Gasteiger partial charge is 0.572 e. The van der Waals surface area contributed by atoms with Crippen LogP contribution in [-0.2, 0) is 18.3 Å². The lowest BCUT2D eigenvalue weighted by molar-refractivity contribution is -0.306. The van der Waals surface area contributed by atoms with Crippen molar-refractivity contribution in [3.8, 4) is 0 Å². The molecule has 4 rings (SSSR count). The summed E-state index contributed by atoms with van der Waals surface area (Å²) in [5.74, 6) is -0.183. The number of halogens is 5. The molecule has 0 amide bonds. The van der Waals surface area contributed by atoms with Crippen LogP contribution in [0.1, 0.15) is 24.1 Å². The second kappa shape index (κ2) is 9.71. The Balaban J connectivity index is 1.47. The Hall–Kier alpha value is -2.36. The molecule has 1 aromatic carbocycles. The molecule has 1 saturated heterocycles. The summed E-state index contributed by atoms with van der Waals surface area (Å²) in [7, 11) is 1.74. The second-order valence-corrected chi connectivity index (χ2v) is 9.25. The van der Waals surface area contributed by atoms with E-state index in [4.69, 9.17) is 23.2 Å². The van der Waals surface area contributed by atoms with Crippen molar-refractivity contribution in [1.82, 2.24) is 14.3 Å². The molecule has 34 heavy (non-hydrogen) atoms. The third kappa shape index (κ3) is 5.31. The molecule has 0 N–H and O–H groups in total. The van der Waals surface area contributed by atoms with Crippen molar-refractivity contribution in [3.05, 3.63) is 67.8 Å². The molecular formula is C23H25Cl2F3N4O2. The maximum absolute atomic E-state index is 12.9. The molecular weight excluding hydrogens is 492 g/mol. The molecule has 2 aromatic rings. The summed E-state index contributed by atoms with van der Waals surface area (Å²) in [5.41, 5.74) is 3.14. The van der Waals surface area contributed by atoms with E-state index in [1.54, 1.807) is 11.7 Å². The summed E-state index contributed by atoms with van der Waals surface area (Å²) in [5, 5.41) is 0.827. The highest BCUT2D eigenvalue weighted by Gasteiger charge is 2.33. The third-order valence-corrected chi connectivity index (χ3v) is 6.80. The molecule has 1 fully saturated rings. The molecule has 0 atom stereocenters. The zero-order valence-corrected chi connectivity index (χ0v) is 20.3. The fourth-order valence-corrected chi connectivity index (χ4v) is 4.84. The number of allylic oxidation sites excluding steroid dienone is 4. The molecule has 2 aliphatic rings. The van der Waals surface area contributed by atoms with Crippen molar-refractivity contribution < 1.29 is 17.9 Å². The predicted octanol–water partition coefficient (Wildman–Crippen LogP) is 5.18. The first-order valence-corrected chi connectivity index (χ1v) is 11.6. The van der Waals surface area contributed by atoms with Gasteiger partial charge in [0.25, 0.3) is 5.56 Å². The first-order valence-electron chi connectivity index (χ1n) is 10.9. The smallest absolute Gasteiger partial charge is 0.410 e. The van der Waals surface area contributed by atoms with Crippen molar-refractivity contribution >= 4 is 34.6 Å². The first kappa shape index (κ1) is 24.8. The van der Waals surface area contributed by atoms with Gasteiger partial charge in [-0.05, 0) is 43.2 Å². The summed E-state index contributed by atoms with van der Waals surface area (Å²) in [6, 6.07) is 5.87. The topological polar surface area (TPSA) is 42.6 Å². The maximum Gasteiger partial charge on any atom is 0.572 e. The van der Waals surface area contributed by atoms with Crippen LogP contribution >= 0.6 is 23.2 Å². The summed E-state index contributed by atoms with van der Waals surface area (Å²) in [4.78, 5) is 17.4. The van der Waals surface area contributed by atoms with Gasteiger partial charge in [0, 0.05) is 62.6 Å². The van der Waals surface area contributed by atoms with E-state index in [0.29, 0.717) is 23.0 Å². The van der Waals surface area contributed by atoms with Gasteiger partial charge < -0.3 is 9.64 Å². The monoisotopic (exact) mass is 516 g/mol. The number of hydrogen-bond acceptors (Lipinski definition) is 4. The van der Waals surface area contributed by atoms with Crippen molar-refractivity contribution in [2.45, 2.75) is 32.7 Å². The van der Waals surface area contributed by atoms with Crippen LogP contribution in [0.4, 0.5) is 18.9 Å². The van der Waals surface area contributed by atoms with Crippen LogP contribution in [0.2, 0.25) is 10.0 Å². The number of aromatic nitrogens is 2. The quantitative estimate of drug-likeness (QED) is 0.549. The minimum absolute atomic E-state index is 0.0425. The second-order valence-electron chi connectivity index (χ2n) is 8.43. The number of anilines is 1. The minimum Gasteiger partial charge on any atom is -0.410 e.